The summed E-state index contributed by atoms with van der Waals surface area (Å²) in [6.45, 7) is 1.13. The zero-order chi connectivity index (χ0) is 9.65. The number of rotatable bonds is 1. The molecule has 0 fully saturated rings. The molecule has 13 heavy (non-hydrogen) atoms. The molecule has 1 unspecified atom stereocenters. The van der Waals surface area contributed by atoms with E-state index in [1.165, 1.54) is 0 Å². The summed E-state index contributed by atoms with van der Waals surface area (Å²) in [6, 6.07) is 0. The Labute approximate surface area is 147 Å². The number of hydrogen-bond acceptors (Lipinski definition) is 6. The number of carboxylic acids is 1. The molecule has 0 saturated carbocycles. The summed E-state index contributed by atoms with van der Waals surface area (Å²) in [5.74, 6) is -1.44. The Kier molecular flexibility index (Phi) is 23.7. The fourth-order valence-electron chi connectivity index (χ4n) is 0. The molecule has 0 aromatic heterocycles. The van der Waals surface area contributed by atoms with Crippen LogP contribution in [0.2, 0.25) is 0 Å². The topological polar surface area (TPSA) is 144 Å². The molecule has 10 heteroatoms. The number of aliphatic hydroxyl groups excluding tert-OH is 1. The number of carbonyl (C=O) groups excluding carboxylic acids is 1. The van der Waals surface area contributed by atoms with Gasteiger partial charge in [0, 0.05) is 0 Å². The number of hydrogen-bond donors (Lipinski definition) is 2. The van der Waals surface area contributed by atoms with Gasteiger partial charge in [-0.05, 0) is 6.92 Å². The molecule has 0 amide bonds. The number of aliphatic hydroxyl groups is 1. The first-order valence-corrected chi connectivity index (χ1v) is 3.78. The molecule has 7 nitrogen and oxygen atoms in total. The van der Waals surface area contributed by atoms with Crippen LogP contribution in [0.25, 0.3) is 0 Å². The minimum atomic E-state index is -5.14. The minimum Gasteiger partial charge on any atom is -0.790 e. The molecule has 0 spiro atoms. The third kappa shape index (κ3) is 53.9. The van der Waals surface area contributed by atoms with Gasteiger partial charge in [0.1, 0.15) is 0 Å². The molecule has 0 radical (unpaired) electrons. The zero-order valence-electron chi connectivity index (χ0n) is 7.17. The number of carboxylic acid groups (broad SMARTS) is 1. The van der Waals surface area contributed by atoms with Crippen molar-refractivity contribution in [1.29, 1.82) is 0 Å². The van der Waals surface area contributed by atoms with Gasteiger partial charge in [0.05, 0.1) is 19.9 Å². The van der Waals surface area contributed by atoms with Crippen LogP contribution in [-0.4, -0.2) is 59.8 Å². The third-order valence-corrected chi connectivity index (χ3v) is 0.341. The maximum atomic E-state index is 9.34. The van der Waals surface area contributed by atoms with E-state index in [9.17, 15) is 9.90 Å². The summed E-state index contributed by atoms with van der Waals surface area (Å²) in [6.07, 6.45) is -1.34. The van der Waals surface area contributed by atoms with Crippen molar-refractivity contribution in [3.8, 4) is 0 Å². The molecule has 2 N–H and O–H groups in total. The predicted molar refractivity (Wildman–Crippen MR) is 32.3 cm³/mol. The van der Waals surface area contributed by atoms with Gasteiger partial charge in [0.15, 0.2) is 0 Å². The quantitative estimate of drug-likeness (QED) is 0.353. The molecule has 0 saturated heterocycles. The summed E-state index contributed by atoms with van der Waals surface area (Å²) in [7, 11) is -5.14. The Morgan fingerprint density at radius 1 is 1.46 bits per heavy atom. The van der Waals surface area contributed by atoms with E-state index in [4.69, 9.17) is 24.4 Å². The van der Waals surface area contributed by atoms with Gasteiger partial charge in [0.2, 0.25) is 0 Å². The Morgan fingerprint density at radius 2 is 1.54 bits per heavy atom. The molecule has 68 valence electrons. The molecule has 0 aliphatic heterocycles. The van der Waals surface area contributed by atoms with Gasteiger partial charge in [-0.1, -0.05) is 0 Å². The van der Waals surface area contributed by atoms with E-state index in [2.05, 4.69) is 0 Å². The summed E-state index contributed by atoms with van der Waals surface area (Å²) in [4.78, 5) is 33.6. The van der Waals surface area contributed by atoms with Crippen LogP contribution >= 0.6 is 7.82 Å². The Balaban J connectivity index is -0.0000000546. The van der Waals surface area contributed by atoms with E-state index < -0.39 is 19.9 Å². The smallest absolute Gasteiger partial charge is 0.790 e. The summed E-state index contributed by atoms with van der Waals surface area (Å²) in [5.41, 5.74) is 0. The van der Waals surface area contributed by atoms with Crippen molar-refractivity contribution < 1.29 is 85.6 Å². The molecular weight excluding hydrogens is 258 g/mol. The van der Waals surface area contributed by atoms with E-state index in [0.29, 0.717) is 0 Å². The summed E-state index contributed by atoms with van der Waals surface area (Å²) < 4.78 is 8.66. The van der Waals surface area contributed by atoms with Crippen molar-refractivity contribution >= 4 is 51.5 Å². The van der Waals surface area contributed by atoms with E-state index in [-0.39, 0.29) is 89.1 Å². The molecule has 0 aliphatic rings. The predicted octanol–water partition coefficient (Wildman–Crippen LogP) is -7.45. The van der Waals surface area contributed by atoms with Crippen LogP contribution in [0.1, 0.15) is 6.92 Å². The molecular formula is C3H6CaKO7P. The van der Waals surface area contributed by atoms with Crippen molar-refractivity contribution in [3.63, 3.8) is 0 Å². The van der Waals surface area contributed by atoms with Gasteiger partial charge in [0.25, 0.3) is 0 Å². The van der Waals surface area contributed by atoms with E-state index in [0.717, 1.165) is 6.92 Å². The van der Waals surface area contributed by atoms with Crippen LogP contribution in [0.3, 0.4) is 0 Å². The summed E-state index contributed by atoms with van der Waals surface area (Å²) >= 11 is 0. The van der Waals surface area contributed by atoms with Gasteiger partial charge >= 0.3 is 89.1 Å². The van der Waals surface area contributed by atoms with Gasteiger partial charge in [-0.25, -0.2) is 0 Å². The van der Waals surface area contributed by atoms with Crippen LogP contribution in [0, 0.1) is 0 Å². The maximum Gasteiger partial charge on any atom is 2.00 e. The van der Waals surface area contributed by atoms with Crippen LogP contribution in [-0.2, 0) is 9.36 Å². The fourth-order valence-corrected chi connectivity index (χ4v) is 0. The molecule has 0 aromatic carbocycles. The average molecular weight is 264 g/mol. The van der Waals surface area contributed by atoms with Gasteiger partial charge in [-0.2, -0.15) is 0 Å². The standard InChI is InChI=1S/C3H6O3.Ca.K.H3O4P/c1-2(4)3(5)6;;;1-5(2,3)4/h2,4H,1H3,(H,5,6);;;(H3,1,2,3,4)/q;+2;+1;/p-3. The van der Waals surface area contributed by atoms with Crippen molar-refractivity contribution in [1.82, 2.24) is 0 Å². The first-order valence-electron chi connectivity index (χ1n) is 2.28. The molecule has 0 rings (SSSR count). The SMILES string of the molecule is CC(O)C(=O)[O-].O=P([O-])([O-])O.[Ca+2].[K+]. The first kappa shape index (κ1) is 24.6. The van der Waals surface area contributed by atoms with Crippen molar-refractivity contribution in [2.24, 2.45) is 0 Å². The largest absolute Gasteiger partial charge is 2.00 e. The zero-order valence-corrected chi connectivity index (χ0v) is 13.4. The second-order valence-corrected chi connectivity index (χ2v) is 2.40. The van der Waals surface area contributed by atoms with Gasteiger partial charge < -0.3 is 34.3 Å². The molecule has 0 aliphatic carbocycles. The monoisotopic (exact) mass is 264 g/mol. The van der Waals surface area contributed by atoms with Crippen molar-refractivity contribution in [2.45, 2.75) is 13.0 Å². The Morgan fingerprint density at radius 3 is 1.54 bits per heavy atom. The van der Waals surface area contributed by atoms with Crippen molar-refractivity contribution in [2.75, 3.05) is 0 Å². The van der Waals surface area contributed by atoms with Crippen LogP contribution in [0.4, 0.5) is 0 Å². The summed E-state index contributed by atoms with van der Waals surface area (Å²) in [5, 5.41) is 17.3. The average Bonchev–Trinajstić information content (AvgIpc) is 1.59. The normalized spacial score (nSPS) is 10.8. The van der Waals surface area contributed by atoms with Crippen LogP contribution < -0.4 is 66.3 Å². The van der Waals surface area contributed by atoms with Crippen molar-refractivity contribution in [3.05, 3.63) is 0 Å². The van der Waals surface area contributed by atoms with Crippen LogP contribution in [0.15, 0.2) is 0 Å². The maximum absolute atomic E-state index is 9.34. The second kappa shape index (κ2) is 12.5. The molecule has 0 heterocycles. The molecule has 0 bridgehead atoms. The molecule has 0 aromatic rings. The first-order chi connectivity index (χ1) is 4.64. The van der Waals surface area contributed by atoms with E-state index >= 15 is 0 Å². The molecule has 1 atom stereocenters. The van der Waals surface area contributed by atoms with Crippen LogP contribution in [0.5, 0.6) is 0 Å². The third-order valence-electron chi connectivity index (χ3n) is 0.341. The number of carbonyl (C=O) groups is 1. The number of aliphatic carboxylic acids is 1. The second-order valence-electron chi connectivity index (χ2n) is 1.46. The Hall–Kier alpha value is 2.44. The van der Waals surface area contributed by atoms with E-state index in [1.54, 1.807) is 0 Å². The number of phosphoric acid groups is 1. The van der Waals surface area contributed by atoms with E-state index in [1.807, 2.05) is 0 Å². The van der Waals surface area contributed by atoms with Gasteiger partial charge in [-0.15, -0.1) is 0 Å². The minimum absolute atomic E-state index is 0. The van der Waals surface area contributed by atoms with Gasteiger partial charge in [-0.3, -0.25) is 0 Å². The Bertz CT molecular complexity index is 159. The fraction of sp³-hybridized carbons (Fsp3) is 0.667.